The standard InChI is InChI=1S/C32H41N3O7/c1-4-11-20(2)34-17-10-16-32-26(29(38)35(18-19-36)28(32)30(34)39)25-23(42-32)14-8-9-15-24(37)33-21(3)27(41-31(25)40)22-12-6-5-7-13-22/h5-8,10,12-14,16,20-21,23,25-28,36H,4,9,11,15,17-19H2,1-3H3,(H,33,37)/b14-8-/t20?,21-,23-,25+,26+,27+,28-,32+/m1/s1. The van der Waals surface area contributed by atoms with Gasteiger partial charge in [0.1, 0.15) is 23.7 Å². The van der Waals surface area contributed by atoms with Crippen LogP contribution in [0.15, 0.2) is 54.6 Å². The summed E-state index contributed by atoms with van der Waals surface area (Å²) in [5, 5.41) is 12.8. The Bertz CT molecular complexity index is 1250. The lowest BCUT2D eigenvalue weighted by atomic mass is 9.77. The first-order valence-corrected chi connectivity index (χ1v) is 15.0. The molecule has 226 valence electrons. The fourth-order valence-corrected chi connectivity index (χ4v) is 7.04. The van der Waals surface area contributed by atoms with Crippen LogP contribution < -0.4 is 5.32 Å². The molecule has 0 bridgehead atoms. The van der Waals surface area contributed by atoms with Crippen molar-refractivity contribution in [2.45, 2.75) is 82.4 Å². The summed E-state index contributed by atoms with van der Waals surface area (Å²) in [7, 11) is 0. The van der Waals surface area contributed by atoms with Gasteiger partial charge >= 0.3 is 5.97 Å². The predicted molar refractivity (Wildman–Crippen MR) is 154 cm³/mol. The summed E-state index contributed by atoms with van der Waals surface area (Å²) in [6.07, 6.45) is 7.82. The third kappa shape index (κ3) is 5.26. The van der Waals surface area contributed by atoms with Crippen molar-refractivity contribution in [3.8, 4) is 0 Å². The van der Waals surface area contributed by atoms with E-state index in [1.165, 1.54) is 4.90 Å². The van der Waals surface area contributed by atoms with Crippen LogP contribution in [0.2, 0.25) is 0 Å². The number of esters is 1. The van der Waals surface area contributed by atoms with E-state index in [1.807, 2.05) is 43.3 Å². The van der Waals surface area contributed by atoms with Crippen LogP contribution in [0.1, 0.15) is 58.1 Å². The number of carbonyl (C=O) groups is 4. The first kappa shape index (κ1) is 30.0. The SMILES string of the molecule is CCCC(C)N1CC=C[C@]23O[C@@H]4/C=C\CCC(=O)N[C@H](C)[C@@H](c5ccccc5)OC(=O)[C@@H]4[C@H]2C(=O)N(CCO)[C@@H]3C1=O. The first-order chi connectivity index (χ1) is 20.2. The van der Waals surface area contributed by atoms with Crippen LogP contribution in [-0.2, 0) is 28.7 Å². The number of nitrogens with one attached hydrogen (secondary N) is 1. The van der Waals surface area contributed by atoms with Gasteiger partial charge in [-0.05, 0) is 32.3 Å². The second-order valence-corrected chi connectivity index (χ2v) is 11.7. The van der Waals surface area contributed by atoms with Gasteiger partial charge in [0.2, 0.25) is 17.7 Å². The number of carbonyl (C=O) groups excluding carboxylic acids is 4. The fraction of sp³-hybridized carbons (Fsp3) is 0.562. The lowest BCUT2D eigenvalue weighted by molar-refractivity contribution is -0.161. The maximum Gasteiger partial charge on any atom is 0.313 e. The molecule has 4 aliphatic heterocycles. The van der Waals surface area contributed by atoms with Gasteiger partial charge < -0.3 is 29.7 Å². The van der Waals surface area contributed by atoms with E-state index < -0.39 is 53.6 Å². The molecule has 0 radical (unpaired) electrons. The Morgan fingerprint density at radius 3 is 2.60 bits per heavy atom. The summed E-state index contributed by atoms with van der Waals surface area (Å²) in [6.45, 7) is 5.79. The highest BCUT2D eigenvalue weighted by molar-refractivity contribution is 5.99. The van der Waals surface area contributed by atoms with Crippen LogP contribution >= 0.6 is 0 Å². The van der Waals surface area contributed by atoms with Gasteiger partial charge in [-0.2, -0.15) is 0 Å². The van der Waals surface area contributed by atoms with Gasteiger partial charge in [0.05, 0.1) is 24.7 Å². The van der Waals surface area contributed by atoms with E-state index in [2.05, 4.69) is 12.2 Å². The third-order valence-electron chi connectivity index (χ3n) is 8.95. The normalized spacial score (nSPS) is 34.8. The molecule has 1 spiro atoms. The second-order valence-electron chi connectivity index (χ2n) is 11.7. The molecule has 8 atom stereocenters. The highest BCUT2D eigenvalue weighted by Crippen LogP contribution is 2.53. The van der Waals surface area contributed by atoms with Crippen LogP contribution in [0.3, 0.4) is 0 Å². The summed E-state index contributed by atoms with van der Waals surface area (Å²) in [5.74, 6) is -3.54. The molecule has 4 heterocycles. The molecule has 1 unspecified atom stereocenters. The van der Waals surface area contributed by atoms with E-state index in [4.69, 9.17) is 9.47 Å². The maximum absolute atomic E-state index is 14.2. The largest absolute Gasteiger partial charge is 0.455 e. The van der Waals surface area contributed by atoms with Gasteiger partial charge in [-0.15, -0.1) is 0 Å². The van der Waals surface area contributed by atoms with E-state index in [1.54, 1.807) is 30.1 Å². The van der Waals surface area contributed by atoms with Crippen molar-refractivity contribution in [2.24, 2.45) is 11.8 Å². The zero-order valence-corrected chi connectivity index (χ0v) is 24.5. The molecule has 5 rings (SSSR count). The second kappa shape index (κ2) is 12.4. The number of nitrogens with zero attached hydrogens (tertiary/aromatic N) is 2. The zero-order chi connectivity index (χ0) is 30.0. The lowest BCUT2D eigenvalue weighted by Crippen LogP contribution is -2.57. The molecule has 1 aromatic rings. The molecule has 2 saturated heterocycles. The number of benzene rings is 1. The van der Waals surface area contributed by atoms with Gasteiger partial charge in [-0.1, -0.05) is 68.0 Å². The summed E-state index contributed by atoms with van der Waals surface area (Å²) in [6, 6.07) is 7.54. The molecule has 3 amide bonds. The Kier molecular flexibility index (Phi) is 8.84. The smallest absolute Gasteiger partial charge is 0.313 e. The van der Waals surface area contributed by atoms with Crippen LogP contribution in [0, 0.1) is 11.8 Å². The van der Waals surface area contributed by atoms with E-state index in [0.29, 0.717) is 18.5 Å². The number of hydrogen-bond acceptors (Lipinski definition) is 7. The average Bonchev–Trinajstić information content (AvgIpc) is 3.34. The third-order valence-corrected chi connectivity index (χ3v) is 8.95. The topological polar surface area (TPSA) is 125 Å². The molecule has 42 heavy (non-hydrogen) atoms. The van der Waals surface area contributed by atoms with Crippen molar-refractivity contribution >= 4 is 23.7 Å². The number of hydrogen-bond donors (Lipinski definition) is 2. The molecule has 0 aromatic heterocycles. The molecule has 10 heteroatoms. The number of allylic oxidation sites excluding steroid dienone is 1. The van der Waals surface area contributed by atoms with E-state index in [-0.39, 0.29) is 37.4 Å². The molecule has 4 aliphatic rings. The molecule has 1 aromatic carbocycles. The van der Waals surface area contributed by atoms with Crippen molar-refractivity contribution in [2.75, 3.05) is 19.7 Å². The Morgan fingerprint density at radius 2 is 1.88 bits per heavy atom. The van der Waals surface area contributed by atoms with Gasteiger partial charge in [0.25, 0.3) is 0 Å². The Hall–Kier alpha value is -3.50. The van der Waals surface area contributed by atoms with E-state index >= 15 is 0 Å². The number of cyclic esters (lactones) is 1. The highest BCUT2D eigenvalue weighted by atomic mass is 16.6. The number of aliphatic hydroxyl groups is 1. The van der Waals surface area contributed by atoms with Gasteiger partial charge in [-0.25, -0.2) is 0 Å². The molecular formula is C32H41N3O7. The minimum Gasteiger partial charge on any atom is -0.455 e. The molecule has 10 nitrogen and oxygen atoms in total. The minimum atomic E-state index is -1.41. The molecule has 2 fully saturated rings. The number of likely N-dealkylation sites (tertiary alicyclic amines) is 1. The van der Waals surface area contributed by atoms with E-state index in [0.717, 1.165) is 12.8 Å². The lowest BCUT2D eigenvalue weighted by Gasteiger charge is -2.37. The quantitative estimate of drug-likeness (QED) is 0.391. The van der Waals surface area contributed by atoms with Crippen LogP contribution in [0.25, 0.3) is 0 Å². The van der Waals surface area contributed by atoms with Crippen LogP contribution in [0.4, 0.5) is 0 Å². The zero-order valence-electron chi connectivity index (χ0n) is 24.5. The average molecular weight is 580 g/mol. The van der Waals surface area contributed by atoms with Crippen molar-refractivity contribution in [1.82, 2.24) is 15.1 Å². The van der Waals surface area contributed by atoms with Crippen LogP contribution in [0.5, 0.6) is 0 Å². The number of rotatable bonds is 6. The van der Waals surface area contributed by atoms with Gasteiger partial charge in [0.15, 0.2) is 0 Å². The molecule has 0 aliphatic carbocycles. The van der Waals surface area contributed by atoms with Gasteiger partial charge in [-0.3, -0.25) is 19.2 Å². The highest BCUT2D eigenvalue weighted by Gasteiger charge is 2.71. The monoisotopic (exact) mass is 579 g/mol. The summed E-state index contributed by atoms with van der Waals surface area (Å²) < 4.78 is 12.8. The molecule has 0 saturated carbocycles. The van der Waals surface area contributed by atoms with Crippen molar-refractivity contribution < 1.29 is 33.8 Å². The minimum absolute atomic E-state index is 0.0569. The Balaban J connectivity index is 1.58. The van der Waals surface area contributed by atoms with Crippen molar-refractivity contribution in [3.63, 3.8) is 0 Å². The number of aliphatic hydroxyl groups excluding tert-OH is 1. The number of β-amino-alcohol motifs (C(OH)–C–C–N with tert-alkyl or cyclic N) is 1. The summed E-state index contributed by atoms with van der Waals surface area (Å²) >= 11 is 0. The number of fused-ring (bicyclic) bond motifs is 2. The Morgan fingerprint density at radius 1 is 1.12 bits per heavy atom. The van der Waals surface area contributed by atoms with Crippen LogP contribution in [-0.4, -0.2) is 88.1 Å². The van der Waals surface area contributed by atoms with Crippen molar-refractivity contribution in [1.29, 1.82) is 0 Å². The van der Waals surface area contributed by atoms with E-state index in [9.17, 15) is 24.3 Å². The summed E-state index contributed by atoms with van der Waals surface area (Å²) in [4.78, 5) is 58.3. The first-order valence-electron chi connectivity index (χ1n) is 15.0. The summed E-state index contributed by atoms with van der Waals surface area (Å²) in [5.41, 5.74) is -0.704. The maximum atomic E-state index is 14.2. The predicted octanol–water partition coefficient (Wildman–Crippen LogP) is 2.29. The fourth-order valence-electron chi connectivity index (χ4n) is 7.04. The Labute approximate surface area is 246 Å². The number of ether oxygens (including phenoxy) is 2. The van der Waals surface area contributed by atoms with Crippen molar-refractivity contribution in [3.05, 3.63) is 60.2 Å². The number of amides is 3. The molecule has 2 N–H and O–H groups in total. The van der Waals surface area contributed by atoms with Gasteiger partial charge in [0, 0.05) is 25.6 Å². The molecular weight excluding hydrogens is 538 g/mol.